The summed E-state index contributed by atoms with van der Waals surface area (Å²) >= 11 is 0. The van der Waals surface area contributed by atoms with Gasteiger partial charge in [-0.3, -0.25) is 0 Å². The summed E-state index contributed by atoms with van der Waals surface area (Å²) in [4.78, 5) is 2.58. The first-order chi connectivity index (χ1) is 8.22. The van der Waals surface area contributed by atoms with Gasteiger partial charge in [-0.05, 0) is 31.2 Å². The summed E-state index contributed by atoms with van der Waals surface area (Å²) < 4.78 is 5.59. The van der Waals surface area contributed by atoms with Crippen LogP contribution in [-0.2, 0) is 4.74 Å². The summed E-state index contributed by atoms with van der Waals surface area (Å²) in [6.45, 7) is 8.86. The zero-order chi connectivity index (χ0) is 12.1. The Bertz CT molecular complexity index is 227. The van der Waals surface area contributed by atoms with E-state index in [0.717, 1.165) is 32.5 Å². The third kappa shape index (κ3) is 4.67. The van der Waals surface area contributed by atoms with E-state index in [-0.39, 0.29) is 19.0 Å². The van der Waals surface area contributed by atoms with Crippen LogP contribution in [0.25, 0.3) is 0 Å². The number of nitrogens with zero attached hydrogens (tertiary/aromatic N) is 1. The van der Waals surface area contributed by atoms with Gasteiger partial charge in [0.15, 0.2) is 0 Å². The Hall–Kier alpha value is 0.130. The van der Waals surface area contributed by atoms with E-state index in [4.69, 9.17) is 9.84 Å². The molecule has 0 amide bonds. The number of aliphatic hydroxyl groups excluding tert-OH is 1. The molecule has 0 saturated carbocycles. The summed E-state index contributed by atoms with van der Waals surface area (Å²) in [5.74, 6) is 0. The Kier molecular flexibility index (Phi) is 6.88. The molecule has 0 aromatic rings. The summed E-state index contributed by atoms with van der Waals surface area (Å²) in [6, 6.07) is 0. The highest BCUT2D eigenvalue weighted by Gasteiger charge is 2.32. The van der Waals surface area contributed by atoms with Crippen molar-refractivity contribution in [1.82, 2.24) is 10.2 Å². The molecule has 2 rings (SSSR count). The average molecular weight is 279 g/mol. The van der Waals surface area contributed by atoms with Gasteiger partial charge in [-0.1, -0.05) is 6.92 Å². The maximum atomic E-state index is 8.73. The van der Waals surface area contributed by atoms with Crippen molar-refractivity contribution in [2.24, 2.45) is 5.41 Å². The first kappa shape index (κ1) is 16.2. The second-order valence-electron chi connectivity index (χ2n) is 5.81. The Labute approximate surface area is 116 Å². The minimum absolute atomic E-state index is 0. The third-order valence-electron chi connectivity index (χ3n) is 4.04. The first-order valence-electron chi connectivity index (χ1n) is 6.87. The molecule has 2 heterocycles. The average Bonchev–Trinajstić information content (AvgIpc) is 2.75. The molecule has 0 aliphatic carbocycles. The molecule has 2 N–H and O–H groups in total. The number of rotatable bonds is 5. The highest BCUT2D eigenvalue weighted by atomic mass is 35.5. The number of halogens is 1. The van der Waals surface area contributed by atoms with Gasteiger partial charge in [0, 0.05) is 26.2 Å². The molecular weight excluding hydrogens is 252 g/mol. The van der Waals surface area contributed by atoms with E-state index < -0.39 is 0 Å². The van der Waals surface area contributed by atoms with Gasteiger partial charge in [0.25, 0.3) is 0 Å². The second-order valence-corrected chi connectivity index (χ2v) is 5.81. The molecule has 0 spiro atoms. The number of nitrogens with one attached hydrogen (secondary N) is 1. The maximum Gasteiger partial charge on any atom is 0.0701 e. The van der Waals surface area contributed by atoms with E-state index in [2.05, 4.69) is 17.1 Å². The van der Waals surface area contributed by atoms with E-state index >= 15 is 0 Å². The van der Waals surface area contributed by atoms with Crippen molar-refractivity contribution in [3.8, 4) is 0 Å². The molecule has 2 aliphatic heterocycles. The van der Waals surface area contributed by atoms with Gasteiger partial charge < -0.3 is 20.1 Å². The van der Waals surface area contributed by atoms with Gasteiger partial charge in [0.05, 0.1) is 19.3 Å². The van der Waals surface area contributed by atoms with Crippen LogP contribution < -0.4 is 5.32 Å². The van der Waals surface area contributed by atoms with Crippen LogP contribution in [0.1, 0.15) is 26.2 Å². The maximum absolute atomic E-state index is 8.73. The highest BCUT2D eigenvalue weighted by molar-refractivity contribution is 5.85. The van der Waals surface area contributed by atoms with Gasteiger partial charge in [-0.2, -0.15) is 0 Å². The number of likely N-dealkylation sites (tertiary alicyclic amines) is 1. The highest BCUT2D eigenvalue weighted by Crippen LogP contribution is 2.27. The van der Waals surface area contributed by atoms with Crippen LogP contribution >= 0.6 is 12.4 Å². The number of aliphatic hydroxyl groups is 1. The predicted octanol–water partition coefficient (Wildman–Crippen LogP) is 0.881. The zero-order valence-electron chi connectivity index (χ0n) is 11.4. The lowest BCUT2D eigenvalue weighted by Crippen LogP contribution is -2.43. The van der Waals surface area contributed by atoms with Crippen molar-refractivity contribution in [3.63, 3.8) is 0 Å². The zero-order valence-corrected chi connectivity index (χ0v) is 12.2. The van der Waals surface area contributed by atoms with Crippen LogP contribution in [-0.4, -0.2) is 62.0 Å². The molecule has 1 unspecified atom stereocenters. The Morgan fingerprint density at radius 1 is 1.39 bits per heavy atom. The molecule has 5 heteroatoms. The van der Waals surface area contributed by atoms with Crippen molar-refractivity contribution < 1.29 is 9.84 Å². The Morgan fingerprint density at radius 3 is 2.67 bits per heavy atom. The quantitative estimate of drug-likeness (QED) is 0.784. The summed E-state index contributed by atoms with van der Waals surface area (Å²) in [5.41, 5.74) is 0.471. The number of hydrogen-bond acceptors (Lipinski definition) is 4. The fraction of sp³-hybridized carbons (Fsp3) is 1.00. The van der Waals surface area contributed by atoms with Gasteiger partial charge in [0.1, 0.15) is 0 Å². The van der Waals surface area contributed by atoms with Crippen molar-refractivity contribution in [2.45, 2.75) is 32.3 Å². The van der Waals surface area contributed by atoms with Crippen LogP contribution in [0.3, 0.4) is 0 Å². The number of ether oxygens (including phenoxy) is 1. The topological polar surface area (TPSA) is 44.7 Å². The smallest absolute Gasteiger partial charge is 0.0701 e. The fourth-order valence-corrected chi connectivity index (χ4v) is 3.00. The minimum Gasteiger partial charge on any atom is -0.394 e. The lowest BCUT2D eigenvalue weighted by molar-refractivity contribution is -0.0130. The molecule has 2 aliphatic rings. The fourth-order valence-electron chi connectivity index (χ4n) is 3.00. The van der Waals surface area contributed by atoms with E-state index in [1.54, 1.807) is 0 Å². The standard InChI is InChI=1S/C13H26N2O2.ClH/c1-13(4-5-14-10-13)11-15-6-2-12(3-7-15)17-9-8-16;/h12,14,16H,2-11H2,1H3;1H. The first-order valence-corrected chi connectivity index (χ1v) is 6.87. The number of hydrogen-bond donors (Lipinski definition) is 2. The molecule has 2 saturated heterocycles. The van der Waals surface area contributed by atoms with Crippen LogP contribution in [0.4, 0.5) is 0 Å². The molecule has 18 heavy (non-hydrogen) atoms. The van der Waals surface area contributed by atoms with Gasteiger partial charge >= 0.3 is 0 Å². The van der Waals surface area contributed by atoms with Gasteiger partial charge in [-0.25, -0.2) is 0 Å². The minimum atomic E-state index is 0. The summed E-state index contributed by atoms with van der Waals surface area (Å²) in [7, 11) is 0. The van der Waals surface area contributed by atoms with Crippen molar-refractivity contribution >= 4 is 12.4 Å². The number of piperidine rings is 1. The van der Waals surface area contributed by atoms with Gasteiger partial charge in [0.2, 0.25) is 0 Å². The van der Waals surface area contributed by atoms with Crippen molar-refractivity contribution in [1.29, 1.82) is 0 Å². The summed E-state index contributed by atoms with van der Waals surface area (Å²) in [5, 5.41) is 12.2. The van der Waals surface area contributed by atoms with E-state index in [9.17, 15) is 0 Å². The second kappa shape index (κ2) is 7.65. The Morgan fingerprint density at radius 2 is 2.11 bits per heavy atom. The normalized spacial score (nSPS) is 30.3. The largest absolute Gasteiger partial charge is 0.394 e. The molecule has 2 fully saturated rings. The molecular formula is C13H27ClN2O2. The molecule has 0 radical (unpaired) electrons. The van der Waals surface area contributed by atoms with Crippen molar-refractivity contribution in [2.75, 3.05) is 45.9 Å². The molecule has 0 aromatic carbocycles. The molecule has 108 valence electrons. The molecule has 1 atom stereocenters. The Balaban J connectivity index is 0.00000162. The lowest BCUT2D eigenvalue weighted by atomic mass is 9.88. The van der Waals surface area contributed by atoms with E-state index in [1.807, 2.05) is 0 Å². The monoisotopic (exact) mass is 278 g/mol. The predicted molar refractivity (Wildman–Crippen MR) is 75.3 cm³/mol. The van der Waals surface area contributed by atoms with Gasteiger partial charge in [-0.15, -0.1) is 12.4 Å². The van der Waals surface area contributed by atoms with Crippen LogP contribution in [0, 0.1) is 5.41 Å². The molecule has 0 bridgehead atoms. The van der Waals surface area contributed by atoms with Crippen LogP contribution in [0.2, 0.25) is 0 Å². The van der Waals surface area contributed by atoms with Crippen LogP contribution in [0.5, 0.6) is 0 Å². The lowest BCUT2D eigenvalue weighted by Gasteiger charge is -2.36. The molecule has 4 nitrogen and oxygen atoms in total. The van der Waals surface area contributed by atoms with Crippen LogP contribution in [0.15, 0.2) is 0 Å². The third-order valence-corrected chi connectivity index (χ3v) is 4.04. The molecule has 0 aromatic heterocycles. The van der Waals surface area contributed by atoms with E-state index in [1.165, 1.54) is 19.5 Å². The SMILES string of the molecule is CC1(CN2CCC(OCCO)CC2)CCNC1.Cl. The van der Waals surface area contributed by atoms with Crippen molar-refractivity contribution in [3.05, 3.63) is 0 Å². The summed E-state index contributed by atoms with van der Waals surface area (Å²) in [6.07, 6.45) is 3.90. The van der Waals surface area contributed by atoms with E-state index in [0.29, 0.717) is 18.1 Å².